The number of rotatable bonds is 9. The smallest absolute Gasteiger partial charge is 0.307 e. The number of likely N-dealkylation sites (tertiary alicyclic amines) is 1. The number of amides is 2. The Bertz CT molecular complexity index is 1010. The van der Waals surface area contributed by atoms with E-state index in [-0.39, 0.29) is 42.8 Å². The van der Waals surface area contributed by atoms with Crippen LogP contribution in [0.3, 0.4) is 0 Å². The number of piperidine rings is 1. The van der Waals surface area contributed by atoms with Gasteiger partial charge in [0.2, 0.25) is 0 Å². The van der Waals surface area contributed by atoms with Crippen molar-refractivity contribution >= 4 is 29.1 Å². The Labute approximate surface area is 204 Å². The number of ether oxygens (including phenoxy) is 2. The zero-order valence-corrected chi connectivity index (χ0v) is 21.1. The summed E-state index contributed by atoms with van der Waals surface area (Å²) in [6.45, 7) is 9.19. The van der Waals surface area contributed by atoms with Gasteiger partial charge >= 0.3 is 5.97 Å². The molecular formula is C25H33N3O5S. The van der Waals surface area contributed by atoms with E-state index in [1.807, 2.05) is 36.9 Å². The SMILES string of the molecule is CCOC(=O)CC(C)NC(=O)c1csc(C2CCN(C(=O)COc3ccc(C)c(C)c3)CC2)n1. The van der Waals surface area contributed by atoms with Crippen molar-refractivity contribution in [2.24, 2.45) is 0 Å². The summed E-state index contributed by atoms with van der Waals surface area (Å²) in [6.07, 6.45) is 1.71. The van der Waals surface area contributed by atoms with Crippen LogP contribution in [0.5, 0.6) is 5.75 Å². The number of aryl methyl sites for hydroxylation is 2. The van der Waals surface area contributed by atoms with Gasteiger partial charge in [0.05, 0.1) is 18.0 Å². The first-order valence-electron chi connectivity index (χ1n) is 11.7. The summed E-state index contributed by atoms with van der Waals surface area (Å²) in [5.41, 5.74) is 2.68. The number of thiazole rings is 1. The normalized spacial score (nSPS) is 15.0. The minimum Gasteiger partial charge on any atom is -0.484 e. The third-order valence-electron chi connectivity index (χ3n) is 5.95. The molecule has 0 spiro atoms. The summed E-state index contributed by atoms with van der Waals surface area (Å²) in [5.74, 6) is 0.265. The summed E-state index contributed by atoms with van der Waals surface area (Å²) >= 11 is 1.46. The molecule has 34 heavy (non-hydrogen) atoms. The lowest BCUT2D eigenvalue weighted by Gasteiger charge is -2.31. The van der Waals surface area contributed by atoms with Gasteiger partial charge in [-0.05, 0) is 63.8 Å². The minimum absolute atomic E-state index is 0.0218. The first-order valence-corrected chi connectivity index (χ1v) is 12.5. The lowest BCUT2D eigenvalue weighted by Crippen LogP contribution is -2.40. The fraction of sp³-hybridized carbons (Fsp3) is 0.520. The Hall–Kier alpha value is -2.94. The highest BCUT2D eigenvalue weighted by Crippen LogP contribution is 2.30. The predicted molar refractivity (Wildman–Crippen MR) is 130 cm³/mol. The molecule has 1 N–H and O–H groups in total. The van der Waals surface area contributed by atoms with Crippen molar-refractivity contribution in [3.8, 4) is 5.75 Å². The molecule has 2 heterocycles. The number of hydrogen-bond donors (Lipinski definition) is 1. The van der Waals surface area contributed by atoms with Crippen molar-refractivity contribution in [3.05, 3.63) is 45.4 Å². The molecule has 2 amide bonds. The van der Waals surface area contributed by atoms with E-state index in [0.29, 0.717) is 31.1 Å². The monoisotopic (exact) mass is 487 g/mol. The number of esters is 1. The van der Waals surface area contributed by atoms with Gasteiger partial charge in [0, 0.05) is 30.4 Å². The van der Waals surface area contributed by atoms with Gasteiger partial charge in [-0.25, -0.2) is 4.98 Å². The number of benzene rings is 1. The Kier molecular flexibility index (Phi) is 9.04. The lowest BCUT2D eigenvalue weighted by molar-refractivity contribution is -0.143. The third-order valence-corrected chi connectivity index (χ3v) is 6.96. The summed E-state index contributed by atoms with van der Waals surface area (Å²) in [5, 5.41) is 5.45. The van der Waals surface area contributed by atoms with Crippen LogP contribution in [-0.2, 0) is 14.3 Å². The molecule has 0 aliphatic carbocycles. The fourth-order valence-electron chi connectivity index (χ4n) is 3.81. The van der Waals surface area contributed by atoms with E-state index >= 15 is 0 Å². The van der Waals surface area contributed by atoms with Gasteiger partial charge in [-0.3, -0.25) is 14.4 Å². The van der Waals surface area contributed by atoms with Gasteiger partial charge in [-0.15, -0.1) is 11.3 Å². The molecule has 1 saturated heterocycles. The average Bonchev–Trinajstić information content (AvgIpc) is 3.30. The Morgan fingerprint density at radius 2 is 1.94 bits per heavy atom. The Balaban J connectivity index is 1.45. The van der Waals surface area contributed by atoms with Crippen LogP contribution in [0.4, 0.5) is 0 Å². The zero-order valence-electron chi connectivity index (χ0n) is 20.3. The second-order valence-electron chi connectivity index (χ2n) is 8.64. The highest BCUT2D eigenvalue weighted by molar-refractivity contribution is 7.09. The van der Waals surface area contributed by atoms with Gasteiger partial charge in [0.25, 0.3) is 11.8 Å². The van der Waals surface area contributed by atoms with Gasteiger partial charge in [-0.1, -0.05) is 6.07 Å². The quantitative estimate of drug-likeness (QED) is 0.543. The van der Waals surface area contributed by atoms with Gasteiger partial charge in [-0.2, -0.15) is 0 Å². The summed E-state index contributed by atoms with van der Waals surface area (Å²) in [6, 6.07) is 5.49. The van der Waals surface area contributed by atoms with Crippen LogP contribution in [0.2, 0.25) is 0 Å². The van der Waals surface area contributed by atoms with E-state index in [0.717, 1.165) is 23.4 Å². The van der Waals surface area contributed by atoms with Gasteiger partial charge < -0.3 is 19.7 Å². The van der Waals surface area contributed by atoms with Crippen molar-refractivity contribution in [3.63, 3.8) is 0 Å². The number of hydrogen-bond acceptors (Lipinski definition) is 7. The number of aromatic nitrogens is 1. The van der Waals surface area contributed by atoms with Crippen molar-refractivity contribution in [2.45, 2.75) is 58.9 Å². The van der Waals surface area contributed by atoms with Gasteiger partial charge in [0.1, 0.15) is 11.4 Å². The molecule has 1 aromatic carbocycles. The van der Waals surface area contributed by atoms with Crippen LogP contribution in [0.1, 0.15) is 65.7 Å². The number of nitrogens with zero attached hydrogens (tertiary/aromatic N) is 2. The van der Waals surface area contributed by atoms with Crippen LogP contribution in [0, 0.1) is 13.8 Å². The molecule has 2 aromatic rings. The highest BCUT2D eigenvalue weighted by atomic mass is 32.1. The number of carbonyl (C=O) groups excluding carboxylic acids is 3. The van der Waals surface area contributed by atoms with Crippen molar-refractivity contribution in [1.82, 2.24) is 15.2 Å². The maximum absolute atomic E-state index is 12.6. The average molecular weight is 488 g/mol. The first kappa shape index (κ1) is 25.7. The maximum atomic E-state index is 12.6. The molecule has 1 atom stereocenters. The van der Waals surface area contributed by atoms with E-state index in [4.69, 9.17) is 9.47 Å². The van der Waals surface area contributed by atoms with Crippen LogP contribution >= 0.6 is 11.3 Å². The molecule has 3 rings (SSSR count). The molecule has 1 aromatic heterocycles. The predicted octanol–water partition coefficient (Wildman–Crippen LogP) is 3.62. The third kappa shape index (κ3) is 7.03. The summed E-state index contributed by atoms with van der Waals surface area (Å²) in [7, 11) is 0. The first-order chi connectivity index (χ1) is 16.3. The Morgan fingerprint density at radius 3 is 2.62 bits per heavy atom. The molecular weight excluding hydrogens is 454 g/mol. The zero-order chi connectivity index (χ0) is 24.7. The molecule has 1 fully saturated rings. The summed E-state index contributed by atoms with van der Waals surface area (Å²) < 4.78 is 10.6. The second-order valence-corrected chi connectivity index (χ2v) is 9.53. The minimum atomic E-state index is -0.338. The lowest BCUT2D eigenvalue weighted by atomic mass is 9.97. The number of nitrogens with one attached hydrogen (secondary N) is 1. The van der Waals surface area contributed by atoms with Crippen molar-refractivity contribution < 1.29 is 23.9 Å². The van der Waals surface area contributed by atoms with E-state index in [2.05, 4.69) is 10.3 Å². The van der Waals surface area contributed by atoms with E-state index in [9.17, 15) is 14.4 Å². The molecule has 9 heteroatoms. The van der Waals surface area contributed by atoms with Crippen LogP contribution < -0.4 is 10.1 Å². The van der Waals surface area contributed by atoms with Crippen LogP contribution in [-0.4, -0.2) is 60.0 Å². The topological polar surface area (TPSA) is 97.8 Å². The maximum Gasteiger partial charge on any atom is 0.307 e. The molecule has 0 saturated carbocycles. The molecule has 0 radical (unpaired) electrons. The molecule has 1 aliphatic rings. The highest BCUT2D eigenvalue weighted by Gasteiger charge is 2.27. The molecule has 184 valence electrons. The van der Waals surface area contributed by atoms with E-state index in [1.165, 1.54) is 16.9 Å². The van der Waals surface area contributed by atoms with Gasteiger partial charge in [0.15, 0.2) is 6.61 Å². The largest absolute Gasteiger partial charge is 0.484 e. The second kappa shape index (κ2) is 12.0. The van der Waals surface area contributed by atoms with E-state index < -0.39 is 0 Å². The molecule has 1 unspecified atom stereocenters. The molecule has 0 bridgehead atoms. The van der Waals surface area contributed by atoms with Crippen molar-refractivity contribution in [1.29, 1.82) is 0 Å². The molecule has 1 aliphatic heterocycles. The van der Waals surface area contributed by atoms with Crippen LogP contribution in [0.25, 0.3) is 0 Å². The van der Waals surface area contributed by atoms with E-state index in [1.54, 1.807) is 19.2 Å². The standard InChI is InChI=1S/C25H33N3O5S/c1-5-32-23(30)13-18(4)26-24(31)21-15-34-25(27-21)19-8-10-28(11-9-19)22(29)14-33-20-7-6-16(2)17(3)12-20/h6-7,12,15,18-19H,5,8-11,13-14H2,1-4H3,(H,26,31). The molecule has 8 nitrogen and oxygen atoms in total. The fourth-order valence-corrected chi connectivity index (χ4v) is 4.79. The Morgan fingerprint density at radius 1 is 1.21 bits per heavy atom. The number of carbonyl (C=O) groups is 3. The summed E-state index contributed by atoms with van der Waals surface area (Å²) in [4.78, 5) is 43.0. The van der Waals surface area contributed by atoms with Crippen molar-refractivity contribution in [2.75, 3.05) is 26.3 Å². The van der Waals surface area contributed by atoms with Crippen LogP contribution in [0.15, 0.2) is 23.6 Å².